The standard InChI is InChI=1S/C22H25FN4O4/c1-5-19(20(26-29-3)15-10-12-17(23)13-11-15)25-31-14-16-8-6-7-9-18(16)21(27-30-4)22(28)24-2/h6-13H,5,14H2,1-4H3,(H,24,28). The van der Waals surface area contributed by atoms with Crippen molar-refractivity contribution in [3.05, 3.63) is 71.0 Å². The first-order valence-corrected chi connectivity index (χ1v) is 9.53. The van der Waals surface area contributed by atoms with E-state index < -0.39 is 5.91 Å². The van der Waals surface area contributed by atoms with Crippen LogP contribution in [0.5, 0.6) is 0 Å². The van der Waals surface area contributed by atoms with Gasteiger partial charge >= 0.3 is 0 Å². The minimum atomic E-state index is -0.391. The quantitative estimate of drug-likeness (QED) is 0.464. The molecule has 1 amide bonds. The molecule has 0 aliphatic carbocycles. The second kappa shape index (κ2) is 12.1. The highest BCUT2D eigenvalue weighted by molar-refractivity contribution is 6.48. The number of nitrogens with zero attached hydrogens (tertiary/aromatic N) is 3. The van der Waals surface area contributed by atoms with E-state index in [-0.39, 0.29) is 18.1 Å². The lowest BCUT2D eigenvalue weighted by molar-refractivity contribution is -0.114. The van der Waals surface area contributed by atoms with E-state index in [1.807, 2.05) is 13.0 Å². The van der Waals surface area contributed by atoms with Crippen molar-refractivity contribution in [2.24, 2.45) is 15.5 Å². The monoisotopic (exact) mass is 428 g/mol. The molecule has 9 heteroatoms. The third-order valence-electron chi connectivity index (χ3n) is 4.20. The highest BCUT2D eigenvalue weighted by Gasteiger charge is 2.18. The summed E-state index contributed by atoms with van der Waals surface area (Å²) in [4.78, 5) is 27.5. The summed E-state index contributed by atoms with van der Waals surface area (Å²) in [5.74, 6) is -0.745. The van der Waals surface area contributed by atoms with Gasteiger partial charge in [-0.15, -0.1) is 0 Å². The number of carbonyl (C=O) groups is 1. The summed E-state index contributed by atoms with van der Waals surface area (Å²) in [7, 11) is 4.30. The van der Waals surface area contributed by atoms with Crippen molar-refractivity contribution in [3.63, 3.8) is 0 Å². The summed E-state index contributed by atoms with van der Waals surface area (Å²) in [6, 6.07) is 13.0. The van der Waals surface area contributed by atoms with Gasteiger partial charge in [0.1, 0.15) is 38.1 Å². The zero-order chi connectivity index (χ0) is 22.6. The Labute approximate surface area is 180 Å². The van der Waals surface area contributed by atoms with Crippen LogP contribution >= 0.6 is 0 Å². The molecule has 1 N–H and O–H groups in total. The van der Waals surface area contributed by atoms with Crippen LogP contribution in [0.3, 0.4) is 0 Å². The van der Waals surface area contributed by atoms with Crippen molar-refractivity contribution >= 4 is 23.0 Å². The molecule has 2 rings (SSSR count). The van der Waals surface area contributed by atoms with Gasteiger partial charge < -0.3 is 19.8 Å². The van der Waals surface area contributed by atoms with Crippen LogP contribution in [0.15, 0.2) is 64.0 Å². The van der Waals surface area contributed by atoms with Crippen molar-refractivity contribution in [1.82, 2.24) is 5.32 Å². The number of hydrogen-bond donors (Lipinski definition) is 1. The number of hydrogen-bond acceptors (Lipinski definition) is 7. The van der Waals surface area contributed by atoms with E-state index in [9.17, 15) is 9.18 Å². The molecule has 0 spiro atoms. The van der Waals surface area contributed by atoms with E-state index in [0.717, 1.165) is 0 Å². The summed E-state index contributed by atoms with van der Waals surface area (Å²) in [6.07, 6.45) is 0.496. The molecule has 31 heavy (non-hydrogen) atoms. The van der Waals surface area contributed by atoms with E-state index in [1.54, 1.807) is 30.3 Å². The van der Waals surface area contributed by atoms with Crippen LogP contribution in [0.25, 0.3) is 0 Å². The Morgan fingerprint density at radius 3 is 2.23 bits per heavy atom. The first kappa shape index (κ1) is 23.5. The van der Waals surface area contributed by atoms with E-state index in [4.69, 9.17) is 14.5 Å². The van der Waals surface area contributed by atoms with Crippen molar-refractivity contribution in [1.29, 1.82) is 0 Å². The molecule has 2 aromatic carbocycles. The fraction of sp³-hybridized carbons (Fsp3) is 0.273. The lowest BCUT2D eigenvalue weighted by Gasteiger charge is -2.11. The number of nitrogens with one attached hydrogen (secondary N) is 1. The highest BCUT2D eigenvalue weighted by Crippen LogP contribution is 2.14. The van der Waals surface area contributed by atoms with Gasteiger partial charge in [-0.25, -0.2) is 4.39 Å². The summed E-state index contributed by atoms with van der Waals surface area (Å²) >= 11 is 0. The van der Waals surface area contributed by atoms with Crippen LogP contribution < -0.4 is 5.32 Å². The Bertz CT molecular complexity index is 972. The summed E-state index contributed by atoms with van der Waals surface area (Å²) in [5.41, 5.74) is 2.96. The molecule has 0 unspecified atom stereocenters. The summed E-state index contributed by atoms with van der Waals surface area (Å²) in [6.45, 7) is 1.96. The fourth-order valence-electron chi connectivity index (χ4n) is 2.73. The van der Waals surface area contributed by atoms with E-state index >= 15 is 0 Å². The van der Waals surface area contributed by atoms with Crippen LogP contribution in [0.4, 0.5) is 4.39 Å². The third kappa shape index (κ3) is 6.36. The van der Waals surface area contributed by atoms with Gasteiger partial charge in [0.15, 0.2) is 5.71 Å². The second-order valence-corrected chi connectivity index (χ2v) is 6.15. The Morgan fingerprint density at radius 1 is 0.968 bits per heavy atom. The van der Waals surface area contributed by atoms with Gasteiger partial charge in [0.05, 0.1) is 0 Å². The average molecular weight is 428 g/mol. The molecule has 0 heterocycles. The van der Waals surface area contributed by atoms with Crippen LogP contribution in [0.1, 0.15) is 30.0 Å². The lowest BCUT2D eigenvalue weighted by atomic mass is 10.0. The molecule has 0 saturated carbocycles. The van der Waals surface area contributed by atoms with Gasteiger partial charge in [0, 0.05) is 23.7 Å². The largest absolute Gasteiger partial charge is 0.399 e. The highest BCUT2D eigenvalue weighted by atomic mass is 19.1. The molecular formula is C22H25FN4O4. The summed E-state index contributed by atoms with van der Waals surface area (Å²) in [5, 5.41) is 14.6. The minimum absolute atomic E-state index is 0.0725. The van der Waals surface area contributed by atoms with E-state index in [0.29, 0.717) is 34.5 Å². The number of carbonyl (C=O) groups excluding carboxylic acids is 1. The smallest absolute Gasteiger partial charge is 0.273 e. The zero-order valence-electron chi connectivity index (χ0n) is 17.9. The van der Waals surface area contributed by atoms with Gasteiger partial charge in [0.25, 0.3) is 5.91 Å². The number of oxime groups is 3. The predicted octanol–water partition coefficient (Wildman–Crippen LogP) is 3.26. The molecule has 8 nitrogen and oxygen atoms in total. The number of amides is 1. The first-order chi connectivity index (χ1) is 15.0. The van der Waals surface area contributed by atoms with E-state index in [2.05, 4.69) is 20.8 Å². The molecule has 0 saturated heterocycles. The maximum atomic E-state index is 13.3. The maximum Gasteiger partial charge on any atom is 0.273 e. The van der Waals surface area contributed by atoms with Crippen molar-refractivity contribution < 1.29 is 23.7 Å². The summed E-state index contributed by atoms with van der Waals surface area (Å²) < 4.78 is 13.3. The first-order valence-electron chi connectivity index (χ1n) is 9.53. The van der Waals surface area contributed by atoms with Crippen LogP contribution in [0, 0.1) is 5.82 Å². The number of halogens is 1. The predicted molar refractivity (Wildman–Crippen MR) is 117 cm³/mol. The zero-order valence-corrected chi connectivity index (χ0v) is 17.9. The molecule has 0 bridgehead atoms. The molecule has 0 radical (unpaired) electrons. The molecule has 2 aromatic rings. The maximum absolute atomic E-state index is 13.3. The topological polar surface area (TPSA) is 93.9 Å². The van der Waals surface area contributed by atoms with Crippen LogP contribution in [-0.4, -0.2) is 44.3 Å². The molecular weight excluding hydrogens is 403 g/mol. The Balaban J connectivity index is 2.29. The van der Waals surface area contributed by atoms with Gasteiger partial charge in [-0.3, -0.25) is 4.79 Å². The Hall–Kier alpha value is -3.75. The average Bonchev–Trinajstić information content (AvgIpc) is 2.80. The number of benzene rings is 2. The molecule has 0 aliphatic heterocycles. The Kier molecular flexibility index (Phi) is 9.15. The van der Waals surface area contributed by atoms with Crippen molar-refractivity contribution in [2.75, 3.05) is 21.3 Å². The van der Waals surface area contributed by atoms with Gasteiger partial charge in [0.2, 0.25) is 0 Å². The second-order valence-electron chi connectivity index (χ2n) is 6.15. The van der Waals surface area contributed by atoms with Crippen molar-refractivity contribution in [3.8, 4) is 0 Å². The SMILES string of the molecule is CCC(=NOCc1ccccc1C(=NOC)C(=O)NC)C(=NOC)c1ccc(F)cc1. The Morgan fingerprint density at radius 2 is 1.61 bits per heavy atom. The van der Waals surface area contributed by atoms with E-state index in [1.165, 1.54) is 33.4 Å². The van der Waals surface area contributed by atoms with Crippen molar-refractivity contribution in [2.45, 2.75) is 20.0 Å². The fourth-order valence-corrected chi connectivity index (χ4v) is 2.73. The lowest BCUT2D eigenvalue weighted by Crippen LogP contribution is -2.29. The molecule has 0 aromatic heterocycles. The van der Waals surface area contributed by atoms with Crippen LogP contribution in [-0.2, 0) is 25.9 Å². The van der Waals surface area contributed by atoms with Crippen LogP contribution in [0.2, 0.25) is 0 Å². The molecule has 0 atom stereocenters. The van der Waals surface area contributed by atoms with Gasteiger partial charge in [-0.05, 0) is 30.7 Å². The van der Waals surface area contributed by atoms with Gasteiger partial charge in [-0.1, -0.05) is 46.7 Å². The third-order valence-corrected chi connectivity index (χ3v) is 4.20. The molecule has 0 fully saturated rings. The molecule has 0 aliphatic rings. The minimum Gasteiger partial charge on any atom is -0.399 e. The normalized spacial score (nSPS) is 12.4. The molecule has 164 valence electrons. The number of likely N-dealkylation sites (N-methyl/N-ethyl adjacent to an activating group) is 1. The van der Waals surface area contributed by atoms with Gasteiger partial charge in [-0.2, -0.15) is 0 Å². The number of rotatable bonds is 10.